The van der Waals surface area contributed by atoms with E-state index < -0.39 is 5.91 Å². The van der Waals surface area contributed by atoms with Gasteiger partial charge in [-0.25, -0.2) is 10.1 Å². The summed E-state index contributed by atoms with van der Waals surface area (Å²) in [7, 11) is 0. The summed E-state index contributed by atoms with van der Waals surface area (Å²) in [5.74, 6) is 1.33. The number of fused-ring (bicyclic) bond motifs is 1. The van der Waals surface area contributed by atoms with Crippen LogP contribution in [0.1, 0.15) is 36.3 Å². The van der Waals surface area contributed by atoms with Crippen molar-refractivity contribution in [3.63, 3.8) is 0 Å². The summed E-state index contributed by atoms with van der Waals surface area (Å²) in [6.45, 7) is 4.57. The smallest absolute Gasteiger partial charge is 0.294 e. The zero-order chi connectivity index (χ0) is 25.1. The predicted octanol–water partition coefficient (Wildman–Crippen LogP) is 2.57. The summed E-state index contributed by atoms with van der Waals surface area (Å²) in [5.41, 5.74) is 10.6. The zero-order valence-electron chi connectivity index (χ0n) is 19.5. The molecule has 0 spiro atoms. The largest absolute Gasteiger partial charge is 0.494 e. The van der Waals surface area contributed by atoms with Crippen molar-refractivity contribution in [1.82, 2.24) is 30.7 Å². The van der Waals surface area contributed by atoms with Crippen LogP contribution in [0.3, 0.4) is 0 Å². The highest BCUT2D eigenvalue weighted by Crippen LogP contribution is 2.37. The van der Waals surface area contributed by atoms with Crippen LogP contribution < -0.4 is 25.4 Å². The molecule has 3 N–H and O–H groups in total. The Hall–Kier alpha value is -4.94. The van der Waals surface area contributed by atoms with E-state index in [-0.39, 0.29) is 24.1 Å². The number of carbonyl (C=O) groups is 1. The highest BCUT2D eigenvalue weighted by Gasteiger charge is 2.27. The number of carbonyl (C=O) groups excluding carboxylic acids is 1. The Morgan fingerprint density at radius 3 is 2.72 bits per heavy atom. The fourth-order valence-corrected chi connectivity index (χ4v) is 3.49. The van der Waals surface area contributed by atoms with Crippen LogP contribution in [0.25, 0.3) is 17.1 Å². The number of hydrogen-bond donors (Lipinski definition) is 2. The molecule has 0 saturated heterocycles. The van der Waals surface area contributed by atoms with Gasteiger partial charge in [-0.2, -0.15) is 9.78 Å². The third-order valence-electron chi connectivity index (χ3n) is 5.30. The number of anilines is 1. The fraction of sp³-hybridized carbons (Fsp3) is 0.217. The number of amides is 1. The monoisotopic (exact) mass is 490 g/mol. The van der Waals surface area contributed by atoms with Gasteiger partial charge < -0.3 is 19.9 Å². The molecule has 3 heterocycles. The highest BCUT2D eigenvalue weighted by atomic mass is 16.7. The number of nitrogens with two attached hydrogens (primary N) is 1. The first-order chi connectivity index (χ1) is 17.5. The minimum Gasteiger partial charge on any atom is -0.494 e. The predicted molar refractivity (Wildman–Crippen MR) is 127 cm³/mol. The van der Waals surface area contributed by atoms with Crippen LogP contribution in [0.5, 0.6) is 17.2 Å². The summed E-state index contributed by atoms with van der Waals surface area (Å²) in [6.07, 6.45) is 0.924. The number of rotatable bonds is 8. The molecule has 0 aliphatic carbocycles. The summed E-state index contributed by atoms with van der Waals surface area (Å²) in [5, 5.41) is 19.7. The van der Waals surface area contributed by atoms with Gasteiger partial charge in [0, 0.05) is 5.56 Å². The molecule has 36 heavy (non-hydrogen) atoms. The molecular formula is C23H22N8O5. The quantitative estimate of drug-likeness (QED) is 0.277. The molecule has 0 unspecified atom stereocenters. The Morgan fingerprint density at radius 1 is 1.17 bits per heavy atom. The van der Waals surface area contributed by atoms with Crippen molar-refractivity contribution < 1.29 is 23.6 Å². The Balaban J connectivity index is 1.44. The minimum absolute atomic E-state index is 0.0175. The zero-order valence-corrected chi connectivity index (χ0v) is 19.5. The molecule has 1 amide bonds. The van der Waals surface area contributed by atoms with Crippen molar-refractivity contribution in [2.75, 3.05) is 19.1 Å². The second kappa shape index (κ2) is 9.74. The molecule has 0 saturated carbocycles. The SMILES string of the molecule is CCCOc1ccc(/C(C)=N/NC(=O)c2nnn(-c3nonc3N)c2-c2ccc3c(c2)OCO3)cc1. The van der Waals surface area contributed by atoms with E-state index in [2.05, 4.69) is 31.2 Å². The van der Waals surface area contributed by atoms with Gasteiger partial charge in [0.25, 0.3) is 5.91 Å². The molecule has 13 nitrogen and oxygen atoms in total. The van der Waals surface area contributed by atoms with Crippen molar-refractivity contribution in [2.24, 2.45) is 5.10 Å². The van der Waals surface area contributed by atoms with Crippen LogP contribution in [-0.4, -0.2) is 50.3 Å². The van der Waals surface area contributed by atoms with Crippen LogP contribution in [-0.2, 0) is 0 Å². The molecule has 13 heteroatoms. The van der Waals surface area contributed by atoms with Crippen molar-refractivity contribution in [3.05, 3.63) is 53.7 Å². The number of nitrogens with one attached hydrogen (secondary N) is 1. The Bertz CT molecular complexity index is 1430. The molecule has 0 radical (unpaired) electrons. The number of nitrogens with zero attached hydrogens (tertiary/aromatic N) is 6. The Labute approximate surface area is 204 Å². The fourth-order valence-electron chi connectivity index (χ4n) is 3.49. The second-order valence-electron chi connectivity index (χ2n) is 7.75. The van der Waals surface area contributed by atoms with Gasteiger partial charge in [0.15, 0.2) is 17.2 Å². The molecule has 1 aliphatic heterocycles. The summed E-state index contributed by atoms with van der Waals surface area (Å²) >= 11 is 0. The van der Waals surface area contributed by atoms with Gasteiger partial charge in [-0.1, -0.05) is 12.1 Å². The van der Waals surface area contributed by atoms with Gasteiger partial charge in [-0.3, -0.25) is 4.79 Å². The molecule has 1 aliphatic rings. The topological polar surface area (TPSA) is 165 Å². The maximum Gasteiger partial charge on any atom is 0.294 e. The van der Waals surface area contributed by atoms with Crippen LogP contribution >= 0.6 is 0 Å². The summed E-state index contributed by atoms with van der Waals surface area (Å²) in [4.78, 5) is 13.1. The first kappa shape index (κ1) is 22.8. The summed E-state index contributed by atoms with van der Waals surface area (Å²) < 4.78 is 22.4. The maximum absolute atomic E-state index is 13.1. The lowest BCUT2D eigenvalue weighted by molar-refractivity contribution is 0.0950. The lowest BCUT2D eigenvalue weighted by Gasteiger charge is -2.08. The van der Waals surface area contributed by atoms with Crippen LogP contribution in [0.15, 0.2) is 52.2 Å². The van der Waals surface area contributed by atoms with Crippen LogP contribution in [0.2, 0.25) is 0 Å². The van der Waals surface area contributed by atoms with Crippen molar-refractivity contribution in [1.29, 1.82) is 0 Å². The Kier molecular flexibility index (Phi) is 6.18. The number of ether oxygens (including phenoxy) is 3. The van der Waals surface area contributed by atoms with E-state index in [4.69, 9.17) is 24.6 Å². The first-order valence-corrected chi connectivity index (χ1v) is 11.1. The molecule has 184 valence electrons. The van der Waals surface area contributed by atoms with Crippen LogP contribution in [0, 0.1) is 0 Å². The molecular weight excluding hydrogens is 468 g/mol. The molecule has 4 aromatic rings. The molecule has 2 aromatic carbocycles. The lowest BCUT2D eigenvalue weighted by atomic mass is 10.1. The molecule has 2 aromatic heterocycles. The Morgan fingerprint density at radius 2 is 1.97 bits per heavy atom. The van der Waals surface area contributed by atoms with Crippen molar-refractivity contribution in [2.45, 2.75) is 20.3 Å². The maximum atomic E-state index is 13.1. The number of aromatic nitrogens is 5. The van der Waals surface area contributed by atoms with E-state index in [9.17, 15) is 4.79 Å². The third kappa shape index (κ3) is 4.41. The molecule has 5 rings (SSSR count). The van der Waals surface area contributed by atoms with E-state index in [1.165, 1.54) is 4.68 Å². The average molecular weight is 490 g/mol. The number of hydrogen-bond acceptors (Lipinski definition) is 11. The van der Waals surface area contributed by atoms with Gasteiger partial charge in [0.1, 0.15) is 11.4 Å². The minimum atomic E-state index is -0.591. The van der Waals surface area contributed by atoms with Crippen molar-refractivity contribution >= 4 is 17.4 Å². The van der Waals surface area contributed by atoms with E-state index in [1.54, 1.807) is 25.1 Å². The van der Waals surface area contributed by atoms with Gasteiger partial charge in [0.2, 0.25) is 18.4 Å². The van der Waals surface area contributed by atoms with Gasteiger partial charge >= 0.3 is 0 Å². The highest BCUT2D eigenvalue weighted by molar-refractivity contribution is 6.02. The van der Waals surface area contributed by atoms with E-state index >= 15 is 0 Å². The van der Waals surface area contributed by atoms with Gasteiger partial charge in [0.05, 0.1) is 12.3 Å². The van der Waals surface area contributed by atoms with Gasteiger partial charge in [-0.05, 0) is 71.7 Å². The average Bonchev–Trinajstić information content (AvgIpc) is 3.64. The van der Waals surface area contributed by atoms with E-state index in [1.807, 2.05) is 31.2 Å². The van der Waals surface area contributed by atoms with Crippen LogP contribution in [0.4, 0.5) is 5.82 Å². The van der Waals surface area contributed by atoms with E-state index in [0.717, 1.165) is 17.7 Å². The molecule has 0 atom stereocenters. The van der Waals surface area contributed by atoms with Gasteiger partial charge in [-0.15, -0.1) is 5.10 Å². The lowest BCUT2D eigenvalue weighted by Crippen LogP contribution is -2.21. The number of benzene rings is 2. The third-order valence-corrected chi connectivity index (χ3v) is 5.30. The second-order valence-corrected chi connectivity index (χ2v) is 7.75. The molecule has 0 bridgehead atoms. The number of nitrogen functional groups attached to an aromatic ring is 1. The summed E-state index contributed by atoms with van der Waals surface area (Å²) in [6, 6.07) is 12.6. The molecule has 0 fully saturated rings. The standard InChI is InChI=1S/C23H22N8O5/c1-3-10-33-16-7-4-14(5-8-16)13(2)25-27-23(32)19-20(15-6-9-17-18(11-15)35-12-34-17)31(30-26-19)22-21(24)28-36-29-22/h4-9,11H,3,10,12H2,1-2H3,(H2,24,28)(H,27,32)/b25-13+. The number of hydrazone groups is 1. The normalized spacial score (nSPS) is 12.6. The van der Waals surface area contributed by atoms with E-state index in [0.29, 0.717) is 35.1 Å². The van der Waals surface area contributed by atoms with Crippen molar-refractivity contribution in [3.8, 4) is 34.3 Å². The first-order valence-electron chi connectivity index (χ1n) is 11.1.